The van der Waals surface area contributed by atoms with Crippen molar-refractivity contribution < 1.29 is 19.5 Å². The highest BCUT2D eigenvalue weighted by atomic mass is 16.4. The lowest BCUT2D eigenvalue weighted by molar-refractivity contribution is -0.142. The lowest BCUT2D eigenvalue weighted by Crippen LogP contribution is -2.42. The standard InChI is InChI=1S/C17H24N2O4/c1-12(2)10-14(17(22)23)19-15(20)8-9-18-16(21)11-13-6-4-3-5-7-13/h3-7,12,14H,8-11H2,1-2H3,(H,18,21)(H,19,20)(H,22,23)/t14-/m0/s1. The van der Waals surface area contributed by atoms with Gasteiger partial charge in [-0.3, -0.25) is 9.59 Å². The van der Waals surface area contributed by atoms with Crippen molar-refractivity contribution >= 4 is 17.8 Å². The van der Waals surface area contributed by atoms with E-state index in [2.05, 4.69) is 10.6 Å². The van der Waals surface area contributed by atoms with E-state index in [0.29, 0.717) is 6.42 Å². The first-order chi connectivity index (χ1) is 10.9. The summed E-state index contributed by atoms with van der Waals surface area (Å²) in [5.41, 5.74) is 0.900. The second-order valence-corrected chi connectivity index (χ2v) is 5.85. The molecular formula is C17H24N2O4. The van der Waals surface area contributed by atoms with Crippen LogP contribution in [0.5, 0.6) is 0 Å². The number of amides is 2. The van der Waals surface area contributed by atoms with Crippen LogP contribution in [0, 0.1) is 5.92 Å². The molecule has 6 nitrogen and oxygen atoms in total. The number of aliphatic carboxylic acids is 1. The van der Waals surface area contributed by atoms with E-state index in [-0.39, 0.29) is 37.1 Å². The molecule has 0 aliphatic rings. The van der Waals surface area contributed by atoms with Crippen molar-refractivity contribution in [3.8, 4) is 0 Å². The molecule has 3 N–H and O–H groups in total. The van der Waals surface area contributed by atoms with Gasteiger partial charge in [0.25, 0.3) is 0 Å². The molecule has 0 saturated carbocycles. The van der Waals surface area contributed by atoms with Crippen LogP contribution in [0.25, 0.3) is 0 Å². The van der Waals surface area contributed by atoms with Crippen molar-refractivity contribution in [1.29, 1.82) is 0 Å². The fourth-order valence-electron chi connectivity index (χ4n) is 2.12. The third kappa shape index (κ3) is 7.99. The van der Waals surface area contributed by atoms with E-state index in [4.69, 9.17) is 5.11 Å². The molecule has 0 unspecified atom stereocenters. The maximum atomic E-state index is 11.8. The summed E-state index contributed by atoms with van der Waals surface area (Å²) in [4.78, 5) is 34.6. The van der Waals surface area contributed by atoms with Crippen LogP contribution in [-0.4, -0.2) is 35.5 Å². The van der Waals surface area contributed by atoms with Crippen LogP contribution in [0.2, 0.25) is 0 Å². The predicted molar refractivity (Wildman–Crippen MR) is 86.8 cm³/mol. The Kier molecular flexibility index (Phi) is 7.80. The number of carboxylic acids is 1. The molecule has 6 heteroatoms. The SMILES string of the molecule is CC(C)C[C@H](NC(=O)CCNC(=O)Cc1ccccc1)C(=O)O. The Morgan fingerprint density at radius 3 is 2.30 bits per heavy atom. The number of hydrogen-bond donors (Lipinski definition) is 3. The summed E-state index contributed by atoms with van der Waals surface area (Å²) in [7, 11) is 0. The number of carboxylic acid groups (broad SMARTS) is 1. The minimum absolute atomic E-state index is 0.0579. The largest absolute Gasteiger partial charge is 0.480 e. The molecular weight excluding hydrogens is 296 g/mol. The molecule has 1 aromatic carbocycles. The van der Waals surface area contributed by atoms with Gasteiger partial charge in [-0.1, -0.05) is 44.2 Å². The maximum Gasteiger partial charge on any atom is 0.326 e. The minimum Gasteiger partial charge on any atom is -0.480 e. The summed E-state index contributed by atoms with van der Waals surface area (Å²) in [6.07, 6.45) is 0.692. The monoisotopic (exact) mass is 320 g/mol. The number of hydrogen-bond acceptors (Lipinski definition) is 3. The second-order valence-electron chi connectivity index (χ2n) is 5.85. The van der Waals surface area contributed by atoms with Crippen molar-refractivity contribution in [2.24, 2.45) is 5.92 Å². The molecule has 126 valence electrons. The Morgan fingerprint density at radius 2 is 1.74 bits per heavy atom. The van der Waals surface area contributed by atoms with Gasteiger partial charge in [-0.05, 0) is 17.9 Å². The zero-order valence-electron chi connectivity index (χ0n) is 13.5. The van der Waals surface area contributed by atoms with Crippen LogP contribution >= 0.6 is 0 Å². The third-order valence-electron chi connectivity index (χ3n) is 3.22. The van der Waals surface area contributed by atoms with Gasteiger partial charge in [0.05, 0.1) is 6.42 Å². The van der Waals surface area contributed by atoms with E-state index >= 15 is 0 Å². The molecule has 1 atom stereocenters. The lowest BCUT2D eigenvalue weighted by atomic mass is 10.0. The quantitative estimate of drug-likeness (QED) is 0.640. The number of benzene rings is 1. The van der Waals surface area contributed by atoms with Crippen LogP contribution in [0.4, 0.5) is 0 Å². The average Bonchev–Trinajstić information content (AvgIpc) is 2.47. The molecule has 1 aromatic rings. The van der Waals surface area contributed by atoms with Crippen molar-refractivity contribution in [3.63, 3.8) is 0 Å². The molecule has 0 aliphatic heterocycles. The molecule has 0 saturated heterocycles. The Bertz CT molecular complexity index is 529. The summed E-state index contributed by atoms with van der Waals surface area (Å²) >= 11 is 0. The van der Waals surface area contributed by atoms with Gasteiger partial charge in [0.15, 0.2) is 0 Å². The van der Waals surface area contributed by atoms with Gasteiger partial charge in [0.2, 0.25) is 11.8 Å². The van der Waals surface area contributed by atoms with E-state index in [1.54, 1.807) is 0 Å². The van der Waals surface area contributed by atoms with Crippen LogP contribution in [0.15, 0.2) is 30.3 Å². The smallest absolute Gasteiger partial charge is 0.326 e. The molecule has 23 heavy (non-hydrogen) atoms. The fraction of sp³-hybridized carbons (Fsp3) is 0.471. The van der Waals surface area contributed by atoms with Gasteiger partial charge in [0, 0.05) is 13.0 Å². The molecule has 0 aliphatic carbocycles. The number of nitrogens with one attached hydrogen (secondary N) is 2. The zero-order chi connectivity index (χ0) is 17.2. The van der Waals surface area contributed by atoms with E-state index in [0.717, 1.165) is 5.56 Å². The number of carbonyl (C=O) groups excluding carboxylic acids is 2. The highest BCUT2D eigenvalue weighted by Crippen LogP contribution is 2.05. The van der Waals surface area contributed by atoms with Gasteiger partial charge in [0.1, 0.15) is 6.04 Å². The van der Waals surface area contributed by atoms with Gasteiger partial charge in [-0.2, -0.15) is 0 Å². The van der Waals surface area contributed by atoms with Gasteiger partial charge in [-0.15, -0.1) is 0 Å². The van der Waals surface area contributed by atoms with Crippen LogP contribution in [0.3, 0.4) is 0 Å². The zero-order valence-corrected chi connectivity index (χ0v) is 13.5. The summed E-state index contributed by atoms with van der Waals surface area (Å²) in [6.45, 7) is 3.98. The first-order valence-electron chi connectivity index (χ1n) is 7.71. The molecule has 0 radical (unpaired) electrons. The molecule has 2 amide bonds. The molecule has 0 bridgehead atoms. The van der Waals surface area contributed by atoms with Crippen molar-refractivity contribution in [2.45, 2.75) is 39.2 Å². The Balaban J connectivity index is 2.30. The van der Waals surface area contributed by atoms with E-state index in [1.165, 1.54) is 0 Å². The van der Waals surface area contributed by atoms with Crippen molar-refractivity contribution in [2.75, 3.05) is 6.54 Å². The Hall–Kier alpha value is -2.37. The van der Waals surface area contributed by atoms with Crippen LogP contribution < -0.4 is 10.6 Å². The summed E-state index contributed by atoms with van der Waals surface area (Å²) in [5, 5.41) is 14.2. The highest BCUT2D eigenvalue weighted by Gasteiger charge is 2.20. The molecule has 1 rings (SSSR count). The van der Waals surface area contributed by atoms with Crippen molar-refractivity contribution in [3.05, 3.63) is 35.9 Å². The van der Waals surface area contributed by atoms with Crippen LogP contribution in [0.1, 0.15) is 32.3 Å². The van der Waals surface area contributed by atoms with E-state index < -0.39 is 12.0 Å². The predicted octanol–water partition coefficient (Wildman–Crippen LogP) is 1.35. The highest BCUT2D eigenvalue weighted by molar-refractivity contribution is 5.84. The van der Waals surface area contributed by atoms with E-state index in [9.17, 15) is 14.4 Å². The molecule has 0 fully saturated rings. The molecule has 0 heterocycles. The minimum atomic E-state index is -1.04. The first-order valence-corrected chi connectivity index (χ1v) is 7.71. The lowest BCUT2D eigenvalue weighted by Gasteiger charge is -2.16. The summed E-state index contributed by atoms with van der Waals surface area (Å²) in [5.74, 6) is -1.42. The number of rotatable bonds is 9. The summed E-state index contributed by atoms with van der Waals surface area (Å²) in [6, 6.07) is 8.42. The average molecular weight is 320 g/mol. The third-order valence-corrected chi connectivity index (χ3v) is 3.22. The van der Waals surface area contributed by atoms with Crippen molar-refractivity contribution in [1.82, 2.24) is 10.6 Å². The second kappa shape index (κ2) is 9.61. The van der Waals surface area contributed by atoms with Gasteiger partial charge >= 0.3 is 5.97 Å². The maximum absolute atomic E-state index is 11.8. The normalized spacial score (nSPS) is 11.8. The van der Waals surface area contributed by atoms with Crippen LogP contribution in [-0.2, 0) is 20.8 Å². The summed E-state index contributed by atoms with van der Waals surface area (Å²) < 4.78 is 0. The molecule has 0 aromatic heterocycles. The van der Waals surface area contributed by atoms with Gasteiger partial charge in [-0.25, -0.2) is 4.79 Å². The molecule has 0 spiro atoms. The Labute approximate surface area is 136 Å². The fourth-order valence-corrected chi connectivity index (χ4v) is 2.12. The Morgan fingerprint density at radius 1 is 1.09 bits per heavy atom. The van der Waals surface area contributed by atoms with E-state index in [1.807, 2.05) is 44.2 Å². The topological polar surface area (TPSA) is 95.5 Å². The first kappa shape index (κ1) is 18.7. The number of carbonyl (C=O) groups is 3. The van der Waals surface area contributed by atoms with Gasteiger partial charge < -0.3 is 15.7 Å².